The number of hydrogen-bond donors (Lipinski definition) is 2. The van der Waals surface area contributed by atoms with Gasteiger partial charge in [0.15, 0.2) is 0 Å². The van der Waals surface area contributed by atoms with Crippen molar-refractivity contribution < 1.29 is 9.90 Å². The highest BCUT2D eigenvalue weighted by molar-refractivity contribution is 6.31. The molecule has 3 aromatic carbocycles. The van der Waals surface area contributed by atoms with Crippen LogP contribution in [-0.2, 0) is 11.3 Å². The Hall–Kier alpha value is -2.93. The molecule has 1 fully saturated rings. The molecule has 0 bridgehead atoms. The van der Waals surface area contributed by atoms with E-state index >= 15 is 0 Å². The normalized spacial score (nSPS) is 15.5. The van der Waals surface area contributed by atoms with E-state index in [1.165, 1.54) is 6.21 Å². The van der Waals surface area contributed by atoms with E-state index in [9.17, 15) is 9.90 Å². The lowest BCUT2D eigenvalue weighted by molar-refractivity contribution is -0.122. The maximum atomic E-state index is 12.3. The lowest BCUT2D eigenvalue weighted by Crippen LogP contribution is -2.48. The summed E-state index contributed by atoms with van der Waals surface area (Å²) < 4.78 is 0. The first kappa shape index (κ1) is 21.3. The van der Waals surface area contributed by atoms with Gasteiger partial charge in [-0.1, -0.05) is 60.1 Å². The Labute approximate surface area is 186 Å². The van der Waals surface area contributed by atoms with Crippen molar-refractivity contribution in [3.8, 4) is 5.75 Å². The second-order valence-corrected chi connectivity index (χ2v) is 8.06. The van der Waals surface area contributed by atoms with Crippen molar-refractivity contribution in [3.63, 3.8) is 0 Å². The number of nitrogens with zero attached hydrogens (tertiary/aromatic N) is 3. The Morgan fingerprint density at radius 3 is 2.52 bits per heavy atom. The summed E-state index contributed by atoms with van der Waals surface area (Å²) in [6.07, 6.45) is 1.50. The number of phenolic OH excluding ortho intramolecular Hbond substituents is 1. The molecule has 0 atom stereocenters. The van der Waals surface area contributed by atoms with Crippen molar-refractivity contribution in [2.75, 3.05) is 32.7 Å². The fourth-order valence-electron chi connectivity index (χ4n) is 3.80. The summed E-state index contributed by atoms with van der Waals surface area (Å²) in [4.78, 5) is 16.8. The van der Waals surface area contributed by atoms with Crippen LogP contribution in [0, 0.1) is 0 Å². The van der Waals surface area contributed by atoms with Gasteiger partial charge in [-0.15, -0.1) is 0 Å². The van der Waals surface area contributed by atoms with E-state index in [2.05, 4.69) is 20.3 Å². The van der Waals surface area contributed by atoms with Crippen LogP contribution in [-0.4, -0.2) is 59.8 Å². The molecule has 1 saturated heterocycles. The largest absolute Gasteiger partial charge is 0.507 e. The second kappa shape index (κ2) is 9.92. The molecule has 0 aliphatic carbocycles. The highest BCUT2D eigenvalue weighted by Crippen LogP contribution is 2.25. The highest BCUT2D eigenvalue weighted by Gasteiger charge is 2.19. The fourth-order valence-corrected chi connectivity index (χ4v) is 4.00. The van der Waals surface area contributed by atoms with Gasteiger partial charge < -0.3 is 5.11 Å². The zero-order valence-electron chi connectivity index (χ0n) is 17.2. The van der Waals surface area contributed by atoms with Gasteiger partial charge in [-0.05, 0) is 28.5 Å². The maximum absolute atomic E-state index is 12.3. The quantitative estimate of drug-likeness (QED) is 0.458. The monoisotopic (exact) mass is 436 g/mol. The van der Waals surface area contributed by atoms with Gasteiger partial charge in [-0.3, -0.25) is 14.6 Å². The number of piperazine rings is 1. The van der Waals surface area contributed by atoms with E-state index in [4.69, 9.17) is 11.6 Å². The molecule has 31 heavy (non-hydrogen) atoms. The molecule has 0 saturated carbocycles. The maximum Gasteiger partial charge on any atom is 0.254 e. The van der Waals surface area contributed by atoms with Crippen LogP contribution in [0.1, 0.15) is 11.1 Å². The third-order valence-electron chi connectivity index (χ3n) is 5.51. The van der Waals surface area contributed by atoms with Crippen LogP contribution >= 0.6 is 11.6 Å². The summed E-state index contributed by atoms with van der Waals surface area (Å²) in [6, 6.07) is 19.1. The van der Waals surface area contributed by atoms with Crippen LogP contribution in [0.4, 0.5) is 0 Å². The van der Waals surface area contributed by atoms with Gasteiger partial charge in [0.05, 0.1) is 12.8 Å². The van der Waals surface area contributed by atoms with E-state index in [0.717, 1.165) is 54.1 Å². The lowest BCUT2D eigenvalue weighted by atomic mass is 10.0. The zero-order valence-corrected chi connectivity index (χ0v) is 17.9. The first-order valence-corrected chi connectivity index (χ1v) is 10.7. The Bertz CT molecular complexity index is 1090. The number of rotatable bonds is 6. The van der Waals surface area contributed by atoms with Crippen LogP contribution in [0.25, 0.3) is 10.8 Å². The molecule has 160 valence electrons. The molecule has 0 unspecified atom stereocenters. The summed E-state index contributed by atoms with van der Waals surface area (Å²) >= 11 is 6.26. The van der Waals surface area contributed by atoms with Crippen molar-refractivity contribution in [2.45, 2.75) is 6.54 Å². The summed E-state index contributed by atoms with van der Waals surface area (Å²) in [5.41, 5.74) is 4.29. The number of carbonyl (C=O) groups excluding carboxylic acids is 1. The molecule has 1 amide bonds. The Morgan fingerprint density at radius 2 is 1.71 bits per heavy atom. The Balaban J connectivity index is 1.27. The van der Waals surface area contributed by atoms with E-state index in [1.807, 2.05) is 54.6 Å². The topological polar surface area (TPSA) is 68.2 Å². The van der Waals surface area contributed by atoms with Gasteiger partial charge >= 0.3 is 0 Å². The van der Waals surface area contributed by atoms with E-state index in [0.29, 0.717) is 12.1 Å². The lowest BCUT2D eigenvalue weighted by Gasteiger charge is -2.34. The predicted molar refractivity (Wildman–Crippen MR) is 125 cm³/mol. The van der Waals surface area contributed by atoms with Gasteiger partial charge in [0.25, 0.3) is 5.91 Å². The molecule has 2 N–H and O–H groups in total. The molecule has 6 nitrogen and oxygen atoms in total. The fraction of sp³-hybridized carbons (Fsp3) is 0.250. The third-order valence-corrected chi connectivity index (χ3v) is 5.88. The van der Waals surface area contributed by atoms with Crippen LogP contribution in [0.3, 0.4) is 0 Å². The number of fused-ring (bicyclic) bond motifs is 1. The SMILES string of the molecule is O=C(CN1CCN(Cc2ccccc2Cl)CC1)N/N=C\c1c(O)ccc2ccccc12. The van der Waals surface area contributed by atoms with Crippen LogP contribution < -0.4 is 5.43 Å². The summed E-state index contributed by atoms with van der Waals surface area (Å²) in [5.74, 6) is -0.0399. The number of hydrogen-bond acceptors (Lipinski definition) is 5. The third kappa shape index (κ3) is 5.41. The molecule has 1 aliphatic rings. The summed E-state index contributed by atoms with van der Waals surface area (Å²) in [5, 5.41) is 16.9. The van der Waals surface area contributed by atoms with E-state index in [1.54, 1.807) is 6.07 Å². The van der Waals surface area contributed by atoms with Gasteiger partial charge in [-0.25, -0.2) is 5.43 Å². The molecular formula is C24H25ClN4O2. The minimum Gasteiger partial charge on any atom is -0.507 e. The summed E-state index contributed by atoms with van der Waals surface area (Å²) in [6.45, 7) is 4.49. The number of hydrazone groups is 1. The Morgan fingerprint density at radius 1 is 1.00 bits per heavy atom. The first-order chi connectivity index (χ1) is 15.1. The minimum absolute atomic E-state index is 0.131. The number of halogens is 1. The van der Waals surface area contributed by atoms with Gasteiger partial charge in [0, 0.05) is 43.3 Å². The Kier molecular flexibility index (Phi) is 6.82. The van der Waals surface area contributed by atoms with Crippen molar-refractivity contribution in [3.05, 3.63) is 76.8 Å². The molecule has 0 radical (unpaired) electrons. The molecule has 4 rings (SSSR count). The van der Waals surface area contributed by atoms with Crippen LogP contribution in [0.2, 0.25) is 5.02 Å². The van der Waals surface area contributed by atoms with Crippen LogP contribution in [0.5, 0.6) is 5.75 Å². The van der Waals surface area contributed by atoms with Crippen molar-refractivity contribution in [1.82, 2.24) is 15.2 Å². The number of carbonyl (C=O) groups is 1. The molecule has 0 spiro atoms. The van der Waals surface area contributed by atoms with E-state index in [-0.39, 0.29) is 11.7 Å². The second-order valence-electron chi connectivity index (χ2n) is 7.66. The smallest absolute Gasteiger partial charge is 0.254 e. The number of nitrogens with one attached hydrogen (secondary N) is 1. The van der Waals surface area contributed by atoms with Crippen molar-refractivity contribution in [2.24, 2.45) is 5.10 Å². The molecule has 7 heteroatoms. The number of aromatic hydroxyl groups is 1. The number of phenols is 1. The molecule has 1 heterocycles. The molecular weight excluding hydrogens is 412 g/mol. The zero-order chi connectivity index (χ0) is 21.6. The number of amides is 1. The predicted octanol–water partition coefficient (Wildman–Crippen LogP) is 3.47. The highest BCUT2D eigenvalue weighted by atomic mass is 35.5. The average Bonchev–Trinajstić information content (AvgIpc) is 2.78. The summed E-state index contributed by atoms with van der Waals surface area (Å²) in [7, 11) is 0. The minimum atomic E-state index is -0.171. The first-order valence-electron chi connectivity index (χ1n) is 10.3. The van der Waals surface area contributed by atoms with E-state index < -0.39 is 0 Å². The molecule has 3 aromatic rings. The van der Waals surface area contributed by atoms with Gasteiger partial charge in [-0.2, -0.15) is 5.10 Å². The average molecular weight is 437 g/mol. The van der Waals surface area contributed by atoms with Gasteiger partial charge in [0.1, 0.15) is 5.75 Å². The van der Waals surface area contributed by atoms with Gasteiger partial charge in [0.2, 0.25) is 0 Å². The van der Waals surface area contributed by atoms with Crippen molar-refractivity contribution >= 4 is 34.5 Å². The molecule has 1 aliphatic heterocycles. The molecule has 0 aromatic heterocycles. The standard InChI is InChI=1S/C24H25ClN4O2/c25-22-8-4-2-6-19(22)16-28-11-13-29(14-12-28)17-24(31)27-26-15-21-20-7-3-1-5-18(20)9-10-23(21)30/h1-10,15,30H,11-14,16-17H2,(H,27,31)/b26-15-. The van der Waals surface area contributed by atoms with Crippen LogP contribution in [0.15, 0.2) is 65.8 Å². The van der Waals surface area contributed by atoms with Crippen molar-refractivity contribution in [1.29, 1.82) is 0 Å². The number of benzene rings is 3.